The van der Waals surface area contributed by atoms with Gasteiger partial charge in [-0.3, -0.25) is 14.0 Å². The first-order valence-electron chi connectivity index (χ1n) is 9.80. The molecule has 0 saturated heterocycles. The van der Waals surface area contributed by atoms with Gasteiger partial charge in [-0.1, -0.05) is 39.0 Å². The molecule has 0 aliphatic heterocycles. The van der Waals surface area contributed by atoms with Gasteiger partial charge in [0.05, 0.1) is 0 Å². The van der Waals surface area contributed by atoms with E-state index in [0.29, 0.717) is 11.4 Å². The number of fused-ring (bicyclic) bond motifs is 1. The van der Waals surface area contributed by atoms with E-state index in [1.165, 1.54) is 17.5 Å². The molecule has 0 fully saturated rings. The van der Waals surface area contributed by atoms with E-state index in [2.05, 4.69) is 31.1 Å². The first kappa shape index (κ1) is 21.8. The lowest BCUT2D eigenvalue weighted by Crippen LogP contribution is -2.22. The number of carbonyl (C=O) groups is 1. The lowest BCUT2D eigenvalue weighted by atomic mass is 9.87. The maximum Gasteiger partial charge on any atom is 0.269 e. The molecule has 2 heterocycles. The van der Waals surface area contributed by atoms with Gasteiger partial charge in [-0.15, -0.1) is 0 Å². The van der Waals surface area contributed by atoms with E-state index >= 15 is 0 Å². The standard InChI is InChI=1S/C24H24N4O3/c1-15-7-6-12-28-20(15)27-22(19(23(28)30)13-16(14-25)21(29)26-5)31-18-10-8-17(9-11-18)24(2,3)4/h6-13H,1-5H3,(H,26,29)/b16-13+. The van der Waals surface area contributed by atoms with Crippen LogP contribution in [0.4, 0.5) is 0 Å². The number of rotatable bonds is 4. The predicted octanol–water partition coefficient (Wildman–Crippen LogP) is 3.75. The zero-order valence-electron chi connectivity index (χ0n) is 18.2. The lowest BCUT2D eigenvalue weighted by Gasteiger charge is -2.19. The third-order valence-corrected chi connectivity index (χ3v) is 4.86. The molecular weight excluding hydrogens is 392 g/mol. The lowest BCUT2D eigenvalue weighted by molar-refractivity contribution is -0.116. The molecule has 0 aliphatic carbocycles. The summed E-state index contributed by atoms with van der Waals surface area (Å²) in [5, 5.41) is 11.8. The van der Waals surface area contributed by atoms with Gasteiger partial charge in [0.1, 0.15) is 28.6 Å². The van der Waals surface area contributed by atoms with E-state index in [1.807, 2.05) is 31.2 Å². The van der Waals surface area contributed by atoms with Crippen LogP contribution < -0.4 is 15.6 Å². The van der Waals surface area contributed by atoms with Gasteiger partial charge >= 0.3 is 0 Å². The Hall–Kier alpha value is -3.92. The summed E-state index contributed by atoms with van der Waals surface area (Å²) >= 11 is 0. The molecule has 3 aromatic rings. The minimum atomic E-state index is -0.600. The number of benzene rings is 1. The summed E-state index contributed by atoms with van der Waals surface area (Å²) in [7, 11) is 1.41. The number of nitriles is 1. The summed E-state index contributed by atoms with van der Waals surface area (Å²) in [4.78, 5) is 29.7. The van der Waals surface area contributed by atoms with Gasteiger partial charge in [0.15, 0.2) is 0 Å². The van der Waals surface area contributed by atoms with Gasteiger partial charge in [-0.25, -0.2) is 0 Å². The van der Waals surface area contributed by atoms with E-state index in [0.717, 1.165) is 11.1 Å². The number of likely N-dealkylation sites (N-methyl/N-ethyl adjacent to an activating group) is 1. The van der Waals surface area contributed by atoms with E-state index in [1.54, 1.807) is 24.4 Å². The van der Waals surface area contributed by atoms with Crippen molar-refractivity contribution in [2.24, 2.45) is 0 Å². The highest BCUT2D eigenvalue weighted by Crippen LogP contribution is 2.28. The molecule has 0 unspecified atom stereocenters. The van der Waals surface area contributed by atoms with Gasteiger partial charge < -0.3 is 10.1 Å². The zero-order chi connectivity index (χ0) is 22.8. The van der Waals surface area contributed by atoms with Crippen LogP contribution in [0.3, 0.4) is 0 Å². The van der Waals surface area contributed by atoms with Gasteiger partial charge in [0, 0.05) is 13.2 Å². The number of carbonyl (C=O) groups excluding carboxylic acids is 1. The van der Waals surface area contributed by atoms with Crippen LogP contribution in [-0.2, 0) is 10.2 Å². The fraction of sp³-hybridized carbons (Fsp3) is 0.250. The molecule has 7 heteroatoms. The number of aromatic nitrogens is 2. The van der Waals surface area contributed by atoms with E-state index < -0.39 is 11.5 Å². The Balaban J connectivity index is 2.20. The molecule has 1 aromatic carbocycles. The van der Waals surface area contributed by atoms with Crippen LogP contribution in [0.25, 0.3) is 11.7 Å². The average molecular weight is 416 g/mol. The number of ether oxygens (including phenoxy) is 1. The third kappa shape index (κ3) is 4.48. The van der Waals surface area contributed by atoms with Crippen molar-refractivity contribution < 1.29 is 9.53 Å². The van der Waals surface area contributed by atoms with Crippen LogP contribution in [-0.4, -0.2) is 22.3 Å². The normalized spacial score (nSPS) is 11.8. The predicted molar refractivity (Wildman–Crippen MR) is 119 cm³/mol. The molecule has 0 radical (unpaired) electrons. The van der Waals surface area contributed by atoms with Crippen molar-refractivity contribution in [3.63, 3.8) is 0 Å². The average Bonchev–Trinajstić information content (AvgIpc) is 2.73. The van der Waals surface area contributed by atoms with Crippen LogP contribution in [0.1, 0.15) is 37.5 Å². The Labute approximate surface area is 180 Å². The van der Waals surface area contributed by atoms with Crippen molar-refractivity contribution in [3.8, 4) is 17.7 Å². The molecular formula is C24H24N4O3. The highest BCUT2D eigenvalue weighted by Gasteiger charge is 2.18. The highest BCUT2D eigenvalue weighted by molar-refractivity contribution is 6.01. The first-order chi connectivity index (χ1) is 14.7. The van der Waals surface area contributed by atoms with Gasteiger partial charge in [0.25, 0.3) is 11.5 Å². The fourth-order valence-corrected chi connectivity index (χ4v) is 3.06. The Morgan fingerprint density at radius 2 is 1.90 bits per heavy atom. The van der Waals surface area contributed by atoms with Crippen molar-refractivity contribution >= 4 is 17.6 Å². The summed E-state index contributed by atoms with van der Waals surface area (Å²) in [6.45, 7) is 8.18. The van der Waals surface area contributed by atoms with Gasteiger partial charge in [-0.2, -0.15) is 10.2 Å². The molecule has 7 nitrogen and oxygen atoms in total. The van der Waals surface area contributed by atoms with E-state index in [-0.39, 0.29) is 22.4 Å². The van der Waals surface area contributed by atoms with Crippen LogP contribution in [0.15, 0.2) is 53.0 Å². The van der Waals surface area contributed by atoms with Crippen molar-refractivity contribution in [2.45, 2.75) is 33.1 Å². The molecule has 0 bridgehead atoms. The number of nitrogens with zero attached hydrogens (tertiary/aromatic N) is 3. The van der Waals surface area contributed by atoms with E-state index in [9.17, 15) is 14.9 Å². The minimum absolute atomic E-state index is 0.0151. The number of aryl methyl sites for hydroxylation is 1. The summed E-state index contributed by atoms with van der Waals surface area (Å²) in [5.74, 6) is -0.0814. The quantitative estimate of drug-likeness (QED) is 0.516. The highest BCUT2D eigenvalue weighted by atomic mass is 16.5. The second-order valence-electron chi connectivity index (χ2n) is 8.15. The molecule has 1 N–H and O–H groups in total. The smallest absolute Gasteiger partial charge is 0.269 e. The molecule has 0 saturated carbocycles. The SMILES string of the molecule is CNC(=O)/C(C#N)=C/c1c(Oc2ccc(C(C)(C)C)cc2)nc2c(C)cccn2c1=O. The molecule has 0 atom stereocenters. The van der Waals surface area contributed by atoms with Crippen molar-refractivity contribution in [2.75, 3.05) is 7.05 Å². The van der Waals surface area contributed by atoms with Crippen molar-refractivity contribution in [1.82, 2.24) is 14.7 Å². The topological polar surface area (TPSA) is 96.5 Å². The number of pyridine rings is 1. The Morgan fingerprint density at radius 3 is 2.48 bits per heavy atom. The summed E-state index contributed by atoms with van der Waals surface area (Å²) in [6, 6.07) is 12.9. The molecule has 0 spiro atoms. The Kier molecular flexibility index (Phi) is 5.93. The maximum atomic E-state index is 13.2. The van der Waals surface area contributed by atoms with Crippen LogP contribution >= 0.6 is 0 Å². The second-order valence-corrected chi connectivity index (χ2v) is 8.15. The first-order valence-corrected chi connectivity index (χ1v) is 9.80. The molecule has 1 amide bonds. The van der Waals surface area contributed by atoms with E-state index in [4.69, 9.17) is 4.74 Å². The van der Waals surface area contributed by atoms with Crippen molar-refractivity contribution in [3.05, 3.63) is 75.2 Å². The number of nitrogens with one attached hydrogen (secondary N) is 1. The monoisotopic (exact) mass is 416 g/mol. The summed E-state index contributed by atoms with van der Waals surface area (Å²) < 4.78 is 7.34. The van der Waals surface area contributed by atoms with Gasteiger partial charge in [0.2, 0.25) is 5.88 Å². The number of hydrogen-bond acceptors (Lipinski definition) is 5. The molecule has 158 valence electrons. The Bertz CT molecular complexity index is 1270. The number of hydrogen-bond donors (Lipinski definition) is 1. The second kappa shape index (κ2) is 8.44. The number of amides is 1. The van der Waals surface area contributed by atoms with Crippen molar-refractivity contribution in [1.29, 1.82) is 5.26 Å². The van der Waals surface area contributed by atoms with Crippen LogP contribution in [0.2, 0.25) is 0 Å². The maximum absolute atomic E-state index is 13.2. The largest absolute Gasteiger partial charge is 0.438 e. The molecule has 2 aromatic heterocycles. The fourth-order valence-electron chi connectivity index (χ4n) is 3.06. The zero-order valence-corrected chi connectivity index (χ0v) is 18.2. The molecule has 31 heavy (non-hydrogen) atoms. The van der Waals surface area contributed by atoms with Crippen LogP contribution in [0.5, 0.6) is 11.6 Å². The third-order valence-electron chi connectivity index (χ3n) is 4.86. The summed E-state index contributed by atoms with van der Waals surface area (Å²) in [5.41, 5.74) is 1.70. The minimum Gasteiger partial charge on any atom is -0.438 e. The Morgan fingerprint density at radius 1 is 1.23 bits per heavy atom. The molecule has 3 rings (SSSR count). The van der Waals surface area contributed by atoms with Crippen LogP contribution in [0, 0.1) is 18.3 Å². The van der Waals surface area contributed by atoms with Gasteiger partial charge in [-0.05, 0) is 47.7 Å². The molecule has 0 aliphatic rings. The summed E-state index contributed by atoms with van der Waals surface area (Å²) in [6.07, 6.45) is 2.80.